The molecule has 2 fully saturated rings. The van der Waals surface area contributed by atoms with Crippen LogP contribution in [0.25, 0.3) is 10.2 Å². The lowest BCUT2D eigenvalue weighted by Gasteiger charge is -2.26. The van der Waals surface area contributed by atoms with Crippen LogP contribution in [0.15, 0.2) is 10.2 Å². The van der Waals surface area contributed by atoms with E-state index >= 15 is 0 Å². The Morgan fingerprint density at radius 1 is 1.00 bits per heavy atom. The zero-order chi connectivity index (χ0) is 21.1. The molecule has 2 aromatic rings. The number of aromatic nitrogens is 2. The molecule has 162 valence electrons. The summed E-state index contributed by atoms with van der Waals surface area (Å²) in [4.78, 5) is 39.9. The maximum atomic E-state index is 13.0. The summed E-state index contributed by atoms with van der Waals surface area (Å²) in [5, 5.41) is 2.09. The fraction of sp³-hybridized carbons (Fsp3) is 0.600. The molecule has 0 aliphatic carbocycles. The van der Waals surface area contributed by atoms with Crippen molar-refractivity contribution in [2.75, 3.05) is 43.9 Å². The van der Waals surface area contributed by atoms with E-state index in [9.17, 15) is 9.59 Å². The molecule has 4 heterocycles. The van der Waals surface area contributed by atoms with E-state index < -0.39 is 0 Å². The second-order valence-corrected chi connectivity index (χ2v) is 10.4. The first-order valence-corrected chi connectivity index (χ1v) is 13.4. The highest BCUT2D eigenvalue weighted by molar-refractivity contribution is 8.00. The molecule has 0 spiro atoms. The van der Waals surface area contributed by atoms with Gasteiger partial charge in [0.1, 0.15) is 14.7 Å². The largest absolute Gasteiger partial charge is 0.397 e. The molecule has 0 atom stereocenters. The number of rotatable bonds is 5. The molecule has 0 unspecified atom stereocenters. The molecule has 2 saturated heterocycles. The maximum absolute atomic E-state index is 13.0. The van der Waals surface area contributed by atoms with Crippen molar-refractivity contribution in [2.24, 2.45) is 0 Å². The van der Waals surface area contributed by atoms with Gasteiger partial charge in [-0.2, -0.15) is 0 Å². The van der Waals surface area contributed by atoms with Crippen LogP contribution in [0.2, 0.25) is 0 Å². The highest BCUT2D eigenvalue weighted by Gasteiger charge is 2.26. The van der Waals surface area contributed by atoms with E-state index in [1.165, 1.54) is 47.7 Å². The minimum Gasteiger partial charge on any atom is -0.397 e. The minimum absolute atomic E-state index is 0.00303. The highest BCUT2D eigenvalue weighted by Crippen LogP contribution is 2.39. The van der Waals surface area contributed by atoms with E-state index in [4.69, 9.17) is 5.73 Å². The van der Waals surface area contributed by atoms with Gasteiger partial charge < -0.3 is 15.5 Å². The van der Waals surface area contributed by atoms with Crippen molar-refractivity contribution in [1.29, 1.82) is 0 Å². The molecule has 7 nitrogen and oxygen atoms in total. The molecule has 2 amide bonds. The van der Waals surface area contributed by atoms with E-state index in [-0.39, 0.29) is 11.8 Å². The predicted molar refractivity (Wildman–Crippen MR) is 125 cm³/mol. The Hall–Kier alpha value is -1.52. The smallest absolute Gasteiger partial charge is 0.266 e. The Morgan fingerprint density at radius 2 is 1.63 bits per heavy atom. The van der Waals surface area contributed by atoms with Crippen LogP contribution in [0, 0.1) is 0 Å². The fourth-order valence-electron chi connectivity index (χ4n) is 3.94. The quantitative estimate of drug-likeness (QED) is 0.409. The second kappa shape index (κ2) is 9.74. The van der Waals surface area contributed by atoms with Crippen molar-refractivity contribution in [1.82, 2.24) is 19.8 Å². The molecule has 10 heteroatoms. The van der Waals surface area contributed by atoms with Gasteiger partial charge in [0, 0.05) is 26.2 Å². The monoisotopic (exact) mass is 465 g/mol. The third kappa shape index (κ3) is 4.55. The van der Waals surface area contributed by atoms with Crippen molar-refractivity contribution >= 4 is 62.6 Å². The lowest BCUT2D eigenvalue weighted by molar-refractivity contribution is -0.129. The Bertz CT molecular complexity index is 936. The molecule has 2 aliphatic rings. The first-order chi connectivity index (χ1) is 14.6. The summed E-state index contributed by atoms with van der Waals surface area (Å²) in [6.45, 7) is 3.26. The first kappa shape index (κ1) is 21.7. The summed E-state index contributed by atoms with van der Waals surface area (Å²) in [5.74, 6) is 0.470. The molecule has 4 rings (SSSR count). The molecule has 0 bridgehead atoms. The van der Waals surface area contributed by atoms with Crippen LogP contribution in [-0.2, 0) is 4.79 Å². The summed E-state index contributed by atoms with van der Waals surface area (Å²) in [7, 11) is 0. The van der Waals surface area contributed by atoms with Crippen molar-refractivity contribution in [2.45, 2.75) is 48.7 Å². The number of hydrogen-bond donors (Lipinski definition) is 1. The average molecular weight is 466 g/mol. The number of amides is 2. The van der Waals surface area contributed by atoms with Crippen molar-refractivity contribution in [3.05, 3.63) is 4.88 Å². The molecule has 2 N–H and O–H groups in total. The number of piperidine rings is 2. The lowest BCUT2D eigenvalue weighted by atomic mass is 10.1. The fourth-order valence-corrected chi connectivity index (χ4v) is 6.52. The van der Waals surface area contributed by atoms with Crippen LogP contribution in [0.1, 0.15) is 48.2 Å². The summed E-state index contributed by atoms with van der Waals surface area (Å²) in [5.41, 5.74) is 6.88. The molecule has 30 heavy (non-hydrogen) atoms. The van der Waals surface area contributed by atoms with Crippen LogP contribution < -0.4 is 5.73 Å². The number of nitrogens with zero attached hydrogens (tertiary/aromatic N) is 4. The number of carbonyl (C=O) groups excluding carboxylic acids is 2. The van der Waals surface area contributed by atoms with Gasteiger partial charge in [0.15, 0.2) is 5.16 Å². The summed E-state index contributed by atoms with van der Waals surface area (Å²) >= 11 is 4.20. The molecular formula is C20H27N5O2S3. The third-order valence-electron chi connectivity index (χ3n) is 5.60. The number of nitrogen functional groups attached to an aromatic ring is 1. The van der Waals surface area contributed by atoms with Crippen LogP contribution in [0.4, 0.5) is 5.69 Å². The number of carbonyl (C=O) groups is 2. The SMILES string of the molecule is CSc1nc(SCC(=O)N2CCCCC2)nc2sc(C(=O)N3CCCCC3)c(N)c12. The molecular weight excluding hydrogens is 438 g/mol. The lowest BCUT2D eigenvalue weighted by Crippen LogP contribution is -2.36. The third-order valence-corrected chi connectivity index (χ3v) is 8.20. The summed E-state index contributed by atoms with van der Waals surface area (Å²) < 4.78 is 0. The summed E-state index contributed by atoms with van der Waals surface area (Å²) in [6.07, 6.45) is 8.56. The average Bonchev–Trinajstić information content (AvgIpc) is 3.14. The van der Waals surface area contributed by atoms with E-state index in [1.54, 1.807) is 0 Å². The topological polar surface area (TPSA) is 92.4 Å². The van der Waals surface area contributed by atoms with Gasteiger partial charge in [-0.25, -0.2) is 9.97 Å². The van der Waals surface area contributed by atoms with Gasteiger partial charge in [-0.05, 0) is 44.8 Å². The minimum atomic E-state index is -0.00303. The molecule has 0 saturated carbocycles. The highest BCUT2D eigenvalue weighted by atomic mass is 32.2. The van der Waals surface area contributed by atoms with E-state index in [0.29, 0.717) is 21.5 Å². The Kier molecular flexibility index (Phi) is 7.05. The standard InChI is InChI=1S/C20H27N5O2S3/c1-28-17-14-15(21)16(19(27)25-10-6-3-7-11-25)30-18(14)23-20(22-17)29-12-13(26)24-8-4-2-5-9-24/h2-12,21H2,1H3. The Labute approximate surface area is 189 Å². The Morgan fingerprint density at radius 3 is 2.27 bits per heavy atom. The number of thioether (sulfide) groups is 2. The number of nitrogens with two attached hydrogens (primary N) is 1. The van der Waals surface area contributed by atoms with Gasteiger partial charge in [0.05, 0.1) is 16.8 Å². The Balaban J connectivity index is 1.55. The molecule has 2 aromatic heterocycles. The van der Waals surface area contributed by atoms with E-state index in [2.05, 4.69) is 9.97 Å². The molecule has 0 radical (unpaired) electrons. The molecule has 0 aromatic carbocycles. The van der Waals surface area contributed by atoms with Crippen molar-refractivity contribution in [3.8, 4) is 0 Å². The van der Waals surface area contributed by atoms with Gasteiger partial charge in [-0.1, -0.05) is 11.8 Å². The number of hydrogen-bond acceptors (Lipinski definition) is 8. The van der Waals surface area contributed by atoms with E-state index in [0.717, 1.165) is 67.1 Å². The van der Waals surface area contributed by atoms with Gasteiger partial charge in [0.2, 0.25) is 5.91 Å². The van der Waals surface area contributed by atoms with Gasteiger partial charge in [-0.15, -0.1) is 23.1 Å². The number of thiophene rings is 1. The predicted octanol–water partition coefficient (Wildman–Crippen LogP) is 3.73. The van der Waals surface area contributed by atoms with E-state index in [1.807, 2.05) is 16.1 Å². The van der Waals surface area contributed by atoms with Gasteiger partial charge in [-0.3, -0.25) is 9.59 Å². The number of likely N-dealkylation sites (tertiary alicyclic amines) is 2. The van der Waals surface area contributed by atoms with Crippen LogP contribution >= 0.6 is 34.9 Å². The van der Waals surface area contributed by atoms with Crippen molar-refractivity contribution in [3.63, 3.8) is 0 Å². The van der Waals surface area contributed by atoms with Crippen LogP contribution in [0.5, 0.6) is 0 Å². The zero-order valence-electron chi connectivity index (χ0n) is 17.2. The van der Waals surface area contributed by atoms with Crippen molar-refractivity contribution < 1.29 is 9.59 Å². The van der Waals surface area contributed by atoms with Gasteiger partial charge >= 0.3 is 0 Å². The number of fused-ring (bicyclic) bond motifs is 1. The summed E-state index contributed by atoms with van der Waals surface area (Å²) in [6, 6.07) is 0. The second-order valence-electron chi connectivity index (χ2n) is 7.62. The number of anilines is 1. The van der Waals surface area contributed by atoms with Crippen LogP contribution in [-0.4, -0.2) is 69.8 Å². The zero-order valence-corrected chi connectivity index (χ0v) is 19.6. The molecule has 2 aliphatic heterocycles. The normalized spacial score (nSPS) is 17.5. The maximum Gasteiger partial charge on any atom is 0.266 e. The first-order valence-electron chi connectivity index (χ1n) is 10.4. The van der Waals surface area contributed by atoms with Crippen LogP contribution in [0.3, 0.4) is 0 Å². The van der Waals surface area contributed by atoms with Gasteiger partial charge in [0.25, 0.3) is 5.91 Å².